The first-order valence-electron chi connectivity index (χ1n) is 11.5. The molecule has 1 amide bonds. The first-order chi connectivity index (χ1) is 13.7. The molecule has 0 spiro atoms. The number of aryl methyl sites for hydroxylation is 1. The molecule has 5 atom stereocenters. The lowest BCUT2D eigenvalue weighted by molar-refractivity contribution is -0.140. The van der Waals surface area contributed by atoms with Crippen LogP contribution in [0, 0.1) is 17.8 Å². The SMILES string of the molecule is Cl.Cl.N[C@@H](CCc1ccccc1)C(=O)N1C[C@@H]2C[C@H](C1)[C@@H]1CCC[C@H](C3CC3)N1C2. The molecule has 2 N–H and O–H groups in total. The van der Waals surface area contributed by atoms with Crippen molar-refractivity contribution in [2.24, 2.45) is 23.5 Å². The van der Waals surface area contributed by atoms with Gasteiger partial charge < -0.3 is 10.6 Å². The fourth-order valence-electron chi connectivity index (χ4n) is 6.34. The molecule has 30 heavy (non-hydrogen) atoms. The van der Waals surface area contributed by atoms with Gasteiger partial charge in [0.05, 0.1) is 6.04 Å². The zero-order valence-corrected chi connectivity index (χ0v) is 19.5. The largest absolute Gasteiger partial charge is 0.341 e. The number of halogens is 2. The standard InChI is InChI=1S/C24H35N3O.2ClH/c25-21(12-9-17-5-2-1-3-6-17)24(28)26-14-18-13-20(16-26)23-8-4-7-22(19-10-11-19)27(23)15-18;;/h1-3,5-6,18-23H,4,7-16,25H2;2*1H/t18-,20+,21-,22+,23-;;/m0../s1. The second-order valence-corrected chi connectivity index (χ2v) is 9.84. The van der Waals surface area contributed by atoms with E-state index in [1.165, 1.54) is 50.6 Å². The number of nitrogens with zero attached hydrogens (tertiary/aromatic N) is 2. The predicted molar refractivity (Wildman–Crippen MR) is 126 cm³/mol. The van der Waals surface area contributed by atoms with Crippen molar-refractivity contribution < 1.29 is 4.79 Å². The highest BCUT2D eigenvalue weighted by Crippen LogP contribution is 2.46. The number of fused-ring (bicyclic) bond motifs is 4. The highest BCUT2D eigenvalue weighted by molar-refractivity contribution is 5.85. The van der Waals surface area contributed by atoms with Gasteiger partial charge >= 0.3 is 0 Å². The number of hydrogen-bond acceptors (Lipinski definition) is 3. The Morgan fingerprint density at radius 1 is 0.967 bits per heavy atom. The number of benzene rings is 1. The second kappa shape index (κ2) is 10.2. The highest BCUT2D eigenvalue weighted by Gasteiger charge is 2.48. The molecule has 5 rings (SSSR count). The molecular weight excluding hydrogens is 417 g/mol. The van der Waals surface area contributed by atoms with Crippen LogP contribution in [0.2, 0.25) is 0 Å². The molecule has 3 saturated heterocycles. The lowest BCUT2D eigenvalue weighted by Crippen LogP contribution is -2.63. The summed E-state index contributed by atoms with van der Waals surface area (Å²) >= 11 is 0. The van der Waals surface area contributed by atoms with Gasteiger partial charge in [-0.15, -0.1) is 24.8 Å². The number of carbonyl (C=O) groups excluding carboxylic acids is 1. The molecule has 2 bridgehead atoms. The van der Waals surface area contributed by atoms with Crippen molar-refractivity contribution in [3.05, 3.63) is 35.9 Å². The lowest BCUT2D eigenvalue weighted by atomic mass is 9.74. The van der Waals surface area contributed by atoms with Gasteiger partial charge in [0.2, 0.25) is 5.91 Å². The van der Waals surface area contributed by atoms with Crippen LogP contribution in [0.5, 0.6) is 0 Å². The molecule has 3 aliphatic heterocycles. The lowest BCUT2D eigenvalue weighted by Gasteiger charge is -2.55. The third kappa shape index (κ3) is 4.98. The molecule has 168 valence electrons. The third-order valence-corrected chi connectivity index (χ3v) is 7.82. The summed E-state index contributed by atoms with van der Waals surface area (Å²) in [6.07, 6.45) is 9.97. The van der Waals surface area contributed by atoms with Crippen molar-refractivity contribution >= 4 is 30.7 Å². The molecule has 4 aliphatic rings. The van der Waals surface area contributed by atoms with E-state index in [1.807, 2.05) is 6.07 Å². The van der Waals surface area contributed by atoms with E-state index in [9.17, 15) is 4.79 Å². The van der Waals surface area contributed by atoms with Crippen LogP contribution in [-0.2, 0) is 11.2 Å². The molecule has 0 unspecified atom stereocenters. The summed E-state index contributed by atoms with van der Waals surface area (Å²) in [6.45, 7) is 3.08. The van der Waals surface area contributed by atoms with Crippen molar-refractivity contribution in [1.29, 1.82) is 0 Å². The molecule has 4 fully saturated rings. The summed E-state index contributed by atoms with van der Waals surface area (Å²) in [5.41, 5.74) is 7.62. The van der Waals surface area contributed by atoms with Crippen molar-refractivity contribution in [2.75, 3.05) is 19.6 Å². The maximum Gasteiger partial charge on any atom is 0.239 e. The summed E-state index contributed by atoms with van der Waals surface area (Å²) in [4.78, 5) is 18.1. The molecule has 3 heterocycles. The van der Waals surface area contributed by atoms with Crippen molar-refractivity contribution in [1.82, 2.24) is 9.80 Å². The van der Waals surface area contributed by atoms with Crippen LogP contribution in [0.1, 0.15) is 50.5 Å². The Kier molecular flexibility index (Phi) is 8.11. The van der Waals surface area contributed by atoms with E-state index < -0.39 is 0 Å². The maximum absolute atomic E-state index is 13.1. The molecular formula is C24H37Cl2N3O. The van der Waals surface area contributed by atoms with Gasteiger partial charge in [-0.05, 0) is 68.3 Å². The summed E-state index contributed by atoms with van der Waals surface area (Å²) in [5.74, 6) is 2.48. The minimum atomic E-state index is -0.360. The smallest absolute Gasteiger partial charge is 0.239 e. The van der Waals surface area contributed by atoms with E-state index in [2.05, 4.69) is 34.1 Å². The normalized spacial score (nSPS) is 31.7. The van der Waals surface area contributed by atoms with E-state index in [1.54, 1.807) is 0 Å². The fourth-order valence-corrected chi connectivity index (χ4v) is 6.34. The quantitative estimate of drug-likeness (QED) is 0.734. The van der Waals surface area contributed by atoms with Gasteiger partial charge in [-0.2, -0.15) is 0 Å². The Morgan fingerprint density at radius 3 is 2.37 bits per heavy atom. The molecule has 6 heteroatoms. The van der Waals surface area contributed by atoms with Gasteiger partial charge in [-0.1, -0.05) is 36.8 Å². The Hall–Kier alpha value is -0.810. The molecule has 1 aliphatic carbocycles. The van der Waals surface area contributed by atoms with E-state index in [-0.39, 0.29) is 36.8 Å². The van der Waals surface area contributed by atoms with Gasteiger partial charge in [-0.25, -0.2) is 0 Å². The minimum Gasteiger partial charge on any atom is -0.341 e. The van der Waals surface area contributed by atoms with Crippen molar-refractivity contribution in [2.45, 2.75) is 69.5 Å². The maximum atomic E-state index is 13.1. The number of amides is 1. The van der Waals surface area contributed by atoms with Gasteiger partial charge in [0.15, 0.2) is 0 Å². The van der Waals surface area contributed by atoms with E-state index in [0.717, 1.165) is 37.9 Å². The average Bonchev–Trinajstić information content (AvgIpc) is 3.57. The van der Waals surface area contributed by atoms with Crippen molar-refractivity contribution in [3.8, 4) is 0 Å². The van der Waals surface area contributed by atoms with Gasteiger partial charge in [0.25, 0.3) is 0 Å². The minimum absolute atomic E-state index is 0. The number of likely N-dealkylation sites (tertiary alicyclic amines) is 1. The van der Waals surface area contributed by atoms with E-state index >= 15 is 0 Å². The topological polar surface area (TPSA) is 49.6 Å². The zero-order valence-electron chi connectivity index (χ0n) is 17.8. The Bertz CT molecular complexity index is 699. The summed E-state index contributed by atoms with van der Waals surface area (Å²) in [7, 11) is 0. The van der Waals surface area contributed by atoms with Crippen LogP contribution in [0.25, 0.3) is 0 Å². The fraction of sp³-hybridized carbons (Fsp3) is 0.708. The van der Waals surface area contributed by atoms with Crippen LogP contribution in [0.3, 0.4) is 0 Å². The first kappa shape index (κ1) is 23.8. The van der Waals surface area contributed by atoms with Gasteiger partial charge in [-0.3, -0.25) is 9.69 Å². The number of carbonyl (C=O) groups is 1. The van der Waals surface area contributed by atoms with Crippen LogP contribution in [-0.4, -0.2) is 53.5 Å². The number of piperidine rings is 3. The van der Waals surface area contributed by atoms with Crippen LogP contribution in [0.15, 0.2) is 30.3 Å². The summed E-state index contributed by atoms with van der Waals surface area (Å²) < 4.78 is 0. The summed E-state index contributed by atoms with van der Waals surface area (Å²) in [5, 5.41) is 0. The summed E-state index contributed by atoms with van der Waals surface area (Å²) in [6, 6.07) is 11.6. The average molecular weight is 454 g/mol. The predicted octanol–water partition coefficient (Wildman–Crippen LogP) is 3.90. The zero-order chi connectivity index (χ0) is 19.1. The second-order valence-electron chi connectivity index (χ2n) is 9.84. The highest BCUT2D eigenvalue weighted by atomic mass is 35.5. The van der Waals surface area contributed by atoms with Crippen LogP contribution < -0.4 is 5.73 Å². The molecule has 1 aromatic rings. The third-order valence-electron chi connectivity index (χ3n) is 7.82. The Balaban J connectivity index is 0.00000128. The first-order valence-corrected chi connectivity index (χ1v) is 11.5. The Labute approximate surface area is 193 Å². The van der Waals surface area contributed by atoms with Gasteiger partial charge in [0, 0.05) is 31.7 Å². The van der Waals surface area contributed by atoms with E-state index in [0.29, 0.717) is 17.9 Å². The molecule has 4 nitrogen and oxygen atoms in total. The molecule has 0 radical (unpaired) electrons. The van der Waals surface area contributed by atoms with Crippen LogP contribution >= 0.6 is 24.8 Å². The number of nitrogens with two attached hydrogens (primary N) is 1. The van der Waals surface area contributed by atoms with Crippen LogP contribution in [0.4, 0.5) is 0 Å². The Morgan fingerprint density at radius 2 is 1.67 bits per heavy atom. The monoisotopic (exact) mass is 453 g/mol. The molecule has 1 saturated carbocycles. The number of rotatable bonds is 5. The number of hydrogen-bond donors (Lipinski definition) is 1. The molecule has 0 aromatic heterocycles. The van der Waals surface area contributed by atoms with Gasteiger partial charge in [0.1, 0.15) is 0 Å². The molecule has 1 aromatic carbocycles. The van der Waals surface area contributed by atoms with Crippen molar-refractivity contribution in [3.63, 3.8) is 0 Å². The van der Waals surface area contributed by atoms with E-state index in [4.69, 9.17) is 5.73 Å².